The fourth-order valence-corrected chi connectivity index (χ4v) is 4.90. The molecule has 2 amide bonds. The van der Waals surface area contributed by atoms with Crippen molar-refractivity contribution in [3.63, 3.8) is 0 Å². The van der Waals surface area contributed by atoms with Gasteiger partial charge in [0.05, 0.1) is 12.1 Å². The molecule has 7 nitrogen and oxygen atoms in total. The number of amides is 2. The van der Waals surface area contributed by atoms with Crippen LogP contribution in [0.2, 0.25) is 0 Å². The lowest BCUT2D eigenvalue weighted by Gasteiger charge is -2.62. The summed E-state index contributed by atoms with van der Waals surface area (Å²) in [6.07, 6.45) is 1.44. The smallest absolute Gasteiger partial charge is 0.315 e. The minimum atomic E-state index is -3.20. The average molecular weight is 276 g/mol. The van der Waals surface area contributed by atoms with Gasteiger partial charge in [-0.25, -0.2) is 4.79 Å². The van der Waals surface area contributed by atoms with Crippen LogP contribution in [0.25, 0.3) is 0 Å². The van der Waals surface area contributed by atoms with Crippen molar-refractivity contribution in [3.05, 3.63) is 0 Å². The van der Waals surface area contributed by atoms with Crippen molar-refractivity contribution in [1.82, 2.24) is 10.6 Å². The van der Waals surface area contributed by atoms with Gasteiger partial charge in [-0.3, -0.25) is 4.79 Å². The highest BCUT2D eigenvalue weighted by Crippen LogP contribution is 2.54. The Kier molecular flexibility index (Phi) is 3.69. The first kappa shape index (κ1) is 13.4. The SMILES string of the molecule is O=C(O)CCCC[C@H]1[C@H]2NC(=O)N[C@H]2CS1([O-])[O-]. The van der Waals surface area contributed by atoms with E-state index in [9.17, 15) is 18.7 Å². The first-order valence-corrected chi connectivity index (χ1v) is 7.62. The lowest BCUT2D eigenvalue weighted by Crippen LogP contribution is -2.38. The maximum Gasteiger partial charge on any atom is 0.315 e. The van der Waals surface area contributed by atoms with Crippen molar-refractivity contribution in [3.8, 4) is 0 Å². The van der Waals surface area contributed by atoms with Gasteiger partial charge in [0, 0.05) is 11.7 Å². The lowest BCUT2D eigenvalue weighted by molar-refractivity contribution is -0.137. The van der Waals surface area contributed by atoms with Gasteiger partial charge in [-0.2, -0.15) is 0 Å². The highest BCUT2D eigenvalue weighted by atomic mass is 32.3. The van der Waals surface area contributed by atoms with Gasteiger partial charge in [0.1, 0.15) is 0 Å². The molecule has 0 spiro atoms. The zero-order chi connectivity index (χ0) is 13.3. The molecule has 2 aliphatic rings. The number of hydrogen-bond donors (Lipinski definition) is 3. The van der Waals surface area contributed by atoms with Crippen molar-refractivity contribution >= 4 is 22.6 Å². The second-order valence-electron chi connectivity index (χ2n) is 4.76. The number of nitrogens with one attached hydrogen (secondary N) is 2. The fourth-order valence-electron chi connectivity index (χ4n) is 2.63. The predicted molar refractivity (Wildman–Crippen MR) is 63.1 cm³/mol. The summed E-state index contributed by atoms with van der Waals surface area (Å²) < 4.78 is 23.8. The van der Waals surface area contributed by atoms with Crippen molar-refractivity contribution in [2.75, 3.05) is 5.75 Å². The molecule has 0 aromatic rings. The molecule has 8 heteroatoms. The third kappa shape index (κ3) is 2.70. The molecule has 2 saturated heterocycles. The Balaban J connectivity index is 1.88. The van der Waals surface area contributed by atoms with E-state index in [1.807, 2.05) is 0 Å². The second kappa shape index (κ2) is 4.94. The topological polar surface area (TPSA) is 125 Å². The van der Waals surface area contributed by atoms with Crippen molar-refractivity contribution in [1.29, 1.82) is 0 Å². The molecule has 0 unspecified atom stereocenters. The Morgan fingerprint density at radius 3 is 2.78 bits per heavy atom. The molecule has 2 heterocycles. The standard InChI is InChI=1S/C10H18N2O5S/c13-8(14)4-2-1-3-7-9-6(5-18(7,16)17)11-10(15)12-9/h6-7,9,16-17H,1-5H2,(H,13,14)(H2,11,12,15)/p-2/t6-,7-,9-/m0/s1. The van der Waals surface area contributed by atoms with Crippen LogP contribution in [0.1, 0.15) is 25.7 Å². The Morgan fingerprint density at radius 1 is 1.39 bits per heavy atom. The number of carboxylic acids is 1. The van der Waals surface area contributed by atoms with Crippen LogP contribution >= 0.6 is 10.6 Å². The van der Waals surface area contributed by atoms with E-state index in [1.165, 1.54) is 0 Å². The number of carboxylic acid groups (broad SMARTS) is 1. The Labute approximate surface area is 106 Å². The molecule has 2 rings (SSSR count). The molecule has 2 fully saturated rings. The maximum absolute atomic E-state index is 11.9. The van der Waals surface area contributed by atoms with E-state index >= 15 is 0 Å². The number of urea groups is 1. The highest BCUT2D eigenvalue weighted by Gasteiger charge is 2.43. The molecule has 0 aromatic heterocycles. The molecule has 104 valence electrons. The van der Waals surface area contributed by atoms with E-state index in [1.54, 1.807) is 0 Å². The number of rotatable bonds is 5. The van der Waals surface area contributed by atoms with Crippen molar-refractivity contribution in [2.45, 2.75) is 43.0 Å². The molecule has 0 aromatic carbocycles. The molecule has 0 aliphatic carbocycles. The van der Waals surface area contributed by atoms with Crippen molar-refractivity contribution in [2.24, 2.45) is 0 Å². The largest absolute Gasteiger partial charge is 0.800 e. The zero-order valence-electron chi connectivity index (χ0n) is 9.76. The molecule has 3 atom stereocenters. The Bertz CT molecular complexity index is 362. The predicted octanol–water partition coefficient (Wildman–Crippen LogP) is 0.129. The van der Waals surface area contributed by atoms with Gasteiger partial charge < -0.3 is 35.4 Å². The number of unbranched alkanes of at least 4 members (excludes halogenated alkanes) is 1. The van der Waals surface area contributed by atoms with Gasteiger partial charge in [0.15, 0.2) is 0 Å². The second-order valence-corrected chi connectivity index (χ2v) is 7.02. The van der Waals surface area contributed by atoms with E-state index in [-0.39, 0.29) is 30.3 Å². The summed E-state index contributed by atoms with van der Waals surface area (Å²) in [5.74, 6) is -0.905. The quantitative estimate of drug-likeness (QED) is 0.486. The first-order valence-electron chi connectivity index (χ1n) is 5.90. The number of carbonyl (C=O) groups is 2. The number of hydrogen-bond acceptors (Lipinski definition) is 4. The van der Waals surface area contributed by atoms with Gasteiger partial charge in [-0.05, 0) is 18.6 Å². The third-order valence-electron chi connectivity index (χ3n) is 3.45. The molecule has 0 saturated carbocycles. The summed E-state index contributed by atoms with van der Waals surface area (Å²) in [5.41, 5.74) is 0. The van der Waals surface area contributed by atoms with Gasteiger partial charge in [0.25, 0.3) is 0 Å². The van der Waals surface area contributed by atoms with Crippen LogP contribution in [0.3, 0.4) is 0 Å². The normalized spacial score (nSPS) is 34.6. The van der Waals surface area contributed by atoms with Crippen LogP contribution in [0.5, 0.6) is 0 Å². The minimum Gasteiger partial charge on any atom is -0.800 e. The first-order chi connectivity index (χ1) is 8.40. The molecule has 18 heavy (non-hydrogen) atoms. The van der Waals surface area contributed by atoms with Gasteiger partial charge in [0.2, 0.25) is 0 Å². The van der Waals surface area contributed by atoms with Gasteiger partial charge in [-0.15, -0.1) is 0 Å². The third-order valence-corrected chi connectivity index (χ3v) is 5.73. The number of sulfone groups is 1. The molecular formula is C10H16N2O5S-2. The minimum absolute atomic E-state index is 0.0278. The van der Waals surface area contributed by atoms with Crippen molar-refractivity contribution < 1.29 is 23.8 Å². The van der Waals surface area contributed by atoms with E-state index in [2.05, 4.69) is 10.6 Å². The Hall–Kier alpha value is -0.990. The number of carbonyl (C=O) groups excluding carboxylic acids is 1. The Morgan fingerprint density at radius 2 is 2.11 bits per heavy atom. The van der Waals surface area contributed by atoms with Crippen LogP contribution in [0, 0.1) is 0 Å². The van der Waals surface area contributed by atoms with Crippen LogP contribution < -0.4 is 10.6 Å². The molecular weight excluding hydrogens is 260 g/mol. The van der Waals surface area contributed by atoms with Crippen LogP contribution in [0.15, 0.2) is 0 Å². The maximum atomic E-state index is 11.9. The monoisotopic (exact) mass is 276 g/mol. The van der Waals surface area contributed by atoms with Crippen LogP contribution in [-0.4, -0.2) is 49.3 Å². The van der Waals surface area contributed by atoms with E-state index < -0.39 is 21.8 Å². The van der Waals surface area contributed by atoms with Gasteiger partial charge >= 0.3 is 12.0 Å². The fraction of sp³-hybridized carbons (Fsp3) is 0.800. The number of aliphatic carboxylic acids is 1. The molecule has 3 N–H and O–H groups in total. The van der Waals surface area contributed by atoms with Crippen LogP contribution in [0.4, 0.5) is 4.79 Å². The molecule has 2 aliphatic heterocycles. The average Bonchev–Trinajstić information content (AvgIpc) is 2.66. The highest BCUT2D eigenvalue weighted by molar-refractivity contribution is 8.25. The lowest BCUT2D eigenvalue weighted by atomic mass is 10.0. The summed E-state index contributed by atoms with van der Waals surface area (Å²) in [6, 6.07) is -1.03. The van der Waals surface area contributed by atoms with E-state index in [0.717, 1.165) is 0 Å². The summed E-state index contributed by atoms with van der Waals surface area (Å²) in [4.78, 5) is 21.5. The summed E-state index contributed by atoms with van der Waals surface area (Å²) in [7, 11) is -3.20. The summed E-state index contributed by atoms with van der Waals surface area (Å²) >= 11 is 0. The molecule has 0 bridgehead atoms. The summed E-state index contributed by atoms with van der Waals surface area (Å²) in [6.45, 7) is 0. The summed E-state index contributed by atoms with van der Waals surface area (Å²) in [5, 5.41) is 13.1. The zero-order valence-corrected chi connectivity index (χ0v) is 10.6. The van der Waals surface area contributed by atoms with Crippen LogP contribution in [-0.2, 0) is 4.79 Å². The van der Waals surface area contributed by atoms with Gasteiger partial charge in [-0.1, -0.05) is 6.42 Å². The van der Waals surface area contributed by atoms with E-state index in [0.29, 0.717) is 19.3 Å². The van der Waals surface area contributed by atoms with E-state index in [4.69, 9.17) is 5.11 Å². The number of fused-ring (bicyclic) bond motifs is 1. The molecule has 0 radical (unpaired) electrons.